The fraction of sp³-hybridized carbons (Fsp3) is 0.412. The molecule has 5 heteroatoms. The Labute approximate surface area is 133 Å². The van der Waals surface area contributed by atoms with Crippen molar-refractivity contribution in [3.63, 3.8) is 0 Å². The monoisotopic (exact) mass is 316 g/mol. The Morgan fingerprint density at radius 3 is 2.95 bits per heavy atom. The molecule has 1 aliphatic rings. The summed E-state index contributed by atoms with van der Waals surface area (Å²) in [6, 6.07) is 7.95. The molecule has 2 heterocycles. The molecule has 1 aromatic carbocycles. The number of carbonyl (C=O) groups excluding carboxylic acids is 2. The Hall–Kier alpha value is -1.88. The predicted molar refractivity (Wildman–Crippen MR) is 88.7 cm³/mol. The first kappa shape index (κ1) is 15.0. The quantitative estimate of drug-likeness (QED) is 0.922. The van der Waals surface area contributed by atoms with Crippen LogP contribution in [0.1, 0.15) is 31.2 Å². The van der Waals surface area contributed by atoms with Gasteiger partial charge >= 0.3 is 0 Å². The van der Waals surface area contributed by atoms with Crippen molar-refractivity contribution in [3.05, 3.63) is 35.2 Å². The van der Waals surface area contributed by atoms with Crippen LogP contribution in [0.3, 0.4) is 0 Å². The first-order valence-corrected chi connectivity index (χ1v) is 8.58. The van der Waals surface area contributed by atoms with Crippen LogP contribution in [0.15, 0.2) is 29.6 Å². The SMILES string of the molecule is NC(=O)[C@H]1CCCN1C(=O)CCCc1csc2ccccc12. The van der Waals surface area contributed by atoms with E-state index in [1.165, 1.54) is 15.6 Å². The zero-order chi connectivity index (χ0) is 15.5. The van der Waals surface area contributed by atoms with E-state index < -0.39 is 6.04 Å². The van der Waals surface area contributed by atoms with E-state index in [4.69, 9.17) is 5.73 Å². The van der Waals surface area contributed by atoms with Crippen LogP contribution in [-0.2, 0) is 16.0 Å². The molecular formula is C17H20N2O2S. The summed E-state index contributed by atoms with van der Waals surface area (Å²) in [4.78, 5) is 25.3. The fourth-order valence-corrected chi connectivity index (χ4v) is 4.16. The number of carbonyl (C=O) groups is 2. The van der Waals surface area contributed by atoms with E-state index in [0.717, 1.165) is 19.3 Å². The van der Waals surface area contributed by atoms with E-state index in [1.807, 2.05) is 12.1 Å². The summed E-state index contributed by atoms with van der Waals surface area (Å²) in [6.07, 6.45) is 3.76. The van der Waals surface area contributed by atoms with Gasteiger partial charge in [0.25, 0.3) is 0 Å². The number of amides is 2. The molecule has 3 rings (SSSR count). The highest BCUT2D eigenvalue weighted by molar-refractivity contribution is 7.17. The topological polar surface area (TPSA) is 63.4 Å². The Balaban J connectivity index is 1.57. The highest BCUT2D eigenvalue weighted by Gasteiger charge is 2.31. The normalized spacial score (nSPS) is 18.0. The van der Waals surface area contributed by atoms with Crippen molar-refractivity contribution in [1.29, 1.82) is 0 Å². The van der Waals surface area contributed by atoms with Gasteiger partial charge in [-0.15, -0.1) is 11.3 Å². The average Bonchev–Trinajstić information content (AvgIpc) is 3.14. The standard InChI is InChI=1S/C17H20N2O2S/c18-17(21)14-7-4-10-19(14)16(20)9-3-5-12-11-22-15-8-2-1-6-13(12)15/h1-2,6,8,11,14H,3-5,7,9-10H2,(H2,18,21)/t14-/m1/s1. The van der Waals surface area contributed by atoms with E-state index in [0.29, 0.717) is 19.4 Å². The van der Waals surface area contributed by atoms with Crippen LogP contribution in [0, 0.1) is 0 Å². The maximum Gasteiger partial charge on any atom is 0.240 e. The number of primary amides is 1. The largest absolute Gasteiger partial charge is 0.368 e. The Morgan fingerprint density at radius 2 is 2.14 bits per heavy atom. The molecule has 0 bridgehead atoms. The smallest absolute Gasteiger partial charge is 0.240 e. The minimum Gasteiger partial charge on any atom is -0.368 e. The molecule has 0 spiro atoms. The van der Waals surface area contributed by atoms with Gasteiger partial charge in [0.1, 0.15) is 6.04 Å². The Kier molecular flexibility index (Phi) is 4.43. The van der Waals surface area contributed by atoms with Gasteiger partial charge in [0.05, 0.1) is 0 Å². The molecule has 1 saturated heterocycles. The number of likely N-dealkylation sites (tertiary alicyclic amines) is 1. The van der Waals surface area contributed by atoms with Gasteiger partial charge in [-0.05, 0) is 48.1 Å². The minimum atomic E-state index is -0.394. The first-order chi connectivity index (χ1) is 10.7. The van der Waals surface area contributed by atoms with Crippen molar-refractivity contribution >= 4 is 33.2 Å². The Morgan fingerprint density at radius 1 is 1.32 bits per heavy atom. The summed E-state index contributed by atoms with van der Waals surface area (Å²) >= 11 is 1.75. The number of hydrogen-bond donors (Lipinski definition) is 1. The van der Waals surface area contributed by atoms with E-state index in [-0.39, 0.29) is 11.8 Å². The number of nitrogens with two attached hydrogens (primary N) is 1. The lowest BCUT2D eigenvalue weighted by molar-refractivity contribution is -0.137. The second-order valence-corrected chi connectivity index (χ2v) is 6.67. The lowest BCUT2D eigenvalue weighted by Crippen LogP contribution is -2.43. The number of rotatable bonds is 5. The van der Waals surface area contributed by atoms with E-state index >= 15 is 0 Å². The number of fused-ring (bicyclic) bond motifs is 1. The molecule has 2 N–H and O–H groups in total. The molecule has 116 valence electrons. The van der Waals surface area contributed by atoms with Crippen molar-refractivity contribution in [3.8, 4) is 0 Å². The van der Waals surface area contributed by atoms with Crippen LogP contribution in [0.25, 0.3) is 10.1 Å². The van der Waals surface area contributed by atoms with Crippen LogP contribution >= 0.6 is 11.3 Å². The molecule has 1 aliphatic heterocycles. The lowest BCUT2D eigenvalue weighted by Gasteiger charge is -2.22. The van der Waals surface area contributed by atoms with Gasteiger partial charge in [-0.2, -0.15) is 0 Å². The van der Waals surface area contributed by atoms with Crippen molar-refractivity contribution in [2.24, 2.45) is 5.73 Å². The maximum atomic E-state index is 12.3. The van der Waals surface area contributed by atoms with Gasteiger partial charge in [-0.3, -0.25) is 9.59 Å². The number of nitrogens with zero attached hydrogens (tertiary/aromatic N) is 1. The van der Waals surface area contributed by atoms with Crippen molar-refractivity contribution in [1.82, 2.24) is 4.90 Å². The van der Waals surface area contributed by atoms with Gasteiger partial charge in [-0.1, -0.05) is 18.2 Å². The second-order valence-electron chi connectivity index (χ2n) is 5.76. The maximum absolute atomic E-state index is 12.3. The first-order valence-electron chi connectivity index (χ1n) is 7.70. The van der Waals surface area contributed by atoms with Gasteiger partial charge in [-0.25, -0.2) is 0 Å². The molecule has 2 aromatic rings. The minimum absolute atomic E-state index is 0.0563. The molecule has 1 atom stereocenters. The van der Waals surface area contributed by atoms with Crippen LogP contribution in [0.2, 0.25) is 0 Å². The summed E-state index contributed by atoms with van der Waals surface area (Å²) in [5.74, 6) is -0.324. The number of aryl methyl sites for hydroxylation is 1. The lowest BCUT2D eigenvalue weighted by atomic mass is 10.1. The van der Waals surface area contributed by atoms with Gasteiger partial charge in [0.15, 0.2) is 0 Å². The third-order valence-electron chi connectivity index (χ3n) is 4.30. The number of thiophene rings is 1. The van der Waals surface area contributed by atoms with Crippen molar-refractivity contribution < 1.29 is 9.59 Å². The molecule has 4 nitrogen and oxygen atoms in total. The zero-order valence-electron chi connectivity index (χ0n) is 12.5. The van der Waals surface area contributed by atoms with E-state index in [1.54, 1.807) is 16.2 Å². The van der Waals surface area contributed by atoms with Crippen LogP contribution in [-0.4, -0.2) is 29.3 Å². The summed E-state index contributed by atoms with van der Waals surface area (Å²) < 4.78 is 1.29. The molecular weight excluding hydrogens is 296 g/mol. The average molecular weight is 316 g/mol. The summed E-state index contributed by atoms with van der Waals surface area (Å²) in [6.45, 7) is 0.661. The van der Waals surface area contributed by atoms with Crippen LogP contribution < -0.4 is 5.73 Å². The van der Waals surface area contributed by atoms with E-state index in [2.05, 4.69) is 17.5 Å². The van der Waals surface area contributed by atoms with E-state index in [9.17, 15) is 9.59 Å². The molecule has 22 heavy (non-hydrogen) atoms. The number of benzene rings is 1. The number of hydrogen-bond acceptors (Lipinski definition) is 3. The predicted octanol–water partition coefficient (Wildman–Crippen LogP) is 2.70. The second kappa shape index (κ2) is 6.48. The third-order valence-corrected chi connectivity index (χ3v) is 5.31. The summed E-state index contributed by atoms with van der Waals surface area (Å²) in [5, 5.41) is 3.47. The molecule has 0 radical (unpaired) electrons. The van der Waals surface area contributed by atoms with Gasteiger partial charge in [0, 0.05) is 17.7 Å². The van der Waals surface area contributed by atoms with Crippen LogP contribution in [0.5, 0.6) is 0 Å². The molecule has 0 aliphatic carbocycles. The van der Waals surface area contributed by atoms with Gasteiger partial charge in [0.2, 0.25) is 11.8 Å². The Bertz CT molecular complexity index is 695. The fourth-order valence-electron chi connectivity index (χ4n) is 3.16. The molecule has 1 fully saturated rings. The molecule has 0 unspecified atom stereocenters. The van der Waals surface area contributed by atoms with Gasteiger partial charge < -0.3 is 10.6 Å². The zero-order valence-corrected chi connectivity index (χ0v) is 13.3. The molecule has 0 saturated carbocycles. The summed E-state index contributed by atoms with van der Waals surface area (Å²) in [5.41, 5.74) is 6.67. The molecule has 1 aromatic heterocycles. The van der Waals surface area contributed by atoms with Crippen molar-refractivity contribution in [2.75, 3.05) is 6.54 Å². The van der Waals surface area contributed by atoms with Crippen molar-refractivity contribution in [2.45, 2.75) is 38.1 Å². The highest BCUT2D eigenvalue weighted by Crippen LogP contribution is 2.27. The highest BCUT2D eigenvalue weighted by atomic mass is 32.1. The van der Waals surface area contributed by atoms with Crippen LogP contribution in [0.4, 0.5) is 0 Å². The summed E-state index contributed by atoms with van der Waals surface area (Å²) in [7, 11) is 0. The third kappa shape index (κ3) is 2.99. The molecule has 2 amide bonds.